The Morgan fingerprint density at radius 1 is 1.28 bits per heavy atom. The first-order valence-corrected chi connectivity index (χ1v) is 7.77. The van der Waals surface area contributed by atoms with Gasteiger partial charge in [-0.1, -0.05) is 0 Å². The lowest BCUT2D eigenvalue weighted by Gasteiger charge is -2.28. The zero-order chi connectivity index (χ0) is 17.4. The van der Waals surface area contributed by atoms with Gasteiger partial charge in [0, 0.05) is 30.0 Å². The third-order valence-corrected chi connectivity index (χ3v) is 4.38. The van der Waals surface area contributed by atoms with Crippen LogP contribution in [0, 0.1) is 16.0 Å². The van der Waals surface area contributed by atoms with Gasteiger partial charge in [-0.25, -0.2) is 4.79 Å². The van der Waals surface area contributed by atoms with Gasteiger partial charge < -0.3 is 14.2 Å². The molecule has 0 N–H and O–H groups in total. The maximum absolute atomic E-state index is 12.4. The Balaban J connectivity index is 1.58. The molecule has 1 atom stereocenters. The van der Waals surface area contributed by atoms with Crippen molar-refractivity contribution in [1.29, 1.82) is 0 Å². The molecule has 0 aromatic heterocycles. The number of nitro benzene ring substituents is 1. The van der Waals surface area contributed by atoms with Crippen LogP contribution in [0.2, 0.25) is 0 Å². The first kappa shape index (κ1) is 15.7. The molecule has 2 heterocycles. The van der Waals surface area contributed by atoms with Crippen molar-refractivity contribution in [1.82, 2.24) is 0 Å². The fourth-order valence-corrected chi connectivity index (χ4v) is 3.17. The number of esters is 1. The van der Waals surface area contributed by atoms with E-state index in [2.05, 4.69) is 4.99 Å². The van der Waals surface area contributed by atoms with Gasteiger partial charge in [0.1, 0.15) is 5.76 Å². The molecule has 1 saturated heterocycles. The van der Waals surface area contributed by atoms with E-state index in [9.17, 15) is 14.9 Å². The number of fused-ring (bicyclic) bond motifs is 2. The van der Waals surface area contributed by atoms with Gasteiger partial charge in [0.15, 0.2) is 0 Å². The zero-order valence-corrected chi connectivity index (χ0v) is 13.1. The summed E-state index contributed by atoms with van der Waals surface area (Å²) in [6.07, 6.45) is 5.12. The van der Waals surface area contributed by atoms with Crippen molar-refractivity contribution in [3.63, 3.8) is 0 Å². The molecule has 1 spiro atoms. The molecule has 8 heteroatoms. The first-order valence-electron chi connectivity index (χ1n) is 7.77. The third kappa shape index (κ3) is 2.65. The van der Waals surface area contributed by atoms with Crippen molar-refractivity contribution < 1.29 is 23.9 Å². The van der Waals surface area contributed by atoms with Crippen molar-refractivity contribution in [2.75, 3.05) is 19.8 Å². The summed E-state index contributed by atoms with van der Waals surface area (Å²) in [6, 6.07) is 5.25. The fraction of sp³-hybridized carbons (Fsp3) is 0.294. The number of carbonyl (C=O) groups excluding carboxylic acids is 1. The van der Waals surface area contributed by atoms with Crippen LogP contribution >= 0.6 is 0 Å². The topological polar surface area (TPSA) is 100 Å². The minimum Gasteiger partial charge on any atom is -0.423 e. The highest BCUT2D eigenvalue weighted by atomic mass is 16.7. The first-order chi connectivity index (χ1) is 12.1. The minimum atomic E-state index is -0.936. The van der Waals surface area contributed by atoms with Gasteiger partial charge in [0.2, 0.25) is 5.79 Å². The van der Waals surface area contributed by atoms with Crippen LogP contribution in [0.1, 0.15) is 10.4 Å². The molecule has 0 amide bonds. The predicted octanol–water partition coefficient (Wildman–Crippen LogP) is 2.02. The van der Waals surface area contributed by atoms with Crippen LogP contribution < -0.4 is 0 Å². The van der Waals surface area contributed by atoms with Gasteiger partial charge in [0.25, 0.3) is 5.69 Å². The van der Waals surface area contributed by atoms with Crippen LogP contribution in [0.3, 0.4) is 0 Å². The Hall–Kier alpha value is -2.84. The molecular formula is C17H14N2O6. The van der Waals surface area contributed by atoms with Gasteiger partial charge in [0.05, 0.1) is 36.2 Å². The van der Waals surface area contributed by atoms with Gasteiger partial charge in [-0.2, -0.15) is 0 Å². The molecule has 0 radical (unpaired) electrons. The number of benzene rings is 1. The number of hydrogen-bond donors (Lipinski definition) is 0. The largest absolute Gasteiger partial charge is 0.423 e. The van der Waals surface area contributed by atoms with Crippen LogP contribution in [0.15, 0.2) is 52.7 Å². The molecule has 0 bridgehead atoms. The van der Waals surface area contributed by atoms with E-state index in [0.29, 0.717) is 25.5 Å². The van der Waals surface area contributed by atoms with Gasteiger partial charge in [-0.05, 0) is 18.2 Å². The summed E-state index contributed by atoms with van der Waals surface area (Å²) in [5.41, 5.74) is 0.934. The molecule has 25 heavy (non-hydrogen) atoms. The number of aliphatic imine (C=N–C) groups is 1. The molecule has 128 valence electrons. The van der Waals surface area contributed by atoms with E-state index >= 15 is 0 Å². The number of hydrogen-bond acceptors (Lipinski definition) is 7. The lowest BCUT2D eigenvalue weighted by Crippen LogP contribution is -2.37. The normalized spacial score (nSPS) is 23.1. The van der Waals surface area contributed by atoms with Crippen molar-refractivity contribution >= 4 is 17.9 Å². The zero-order valence-electron chi connectivity index (χ0n) is 13.1. The average Bonchev–Trinajstić information content (AvgIpc) is 3.22. The highest BCUT2D eigenvalue weighted by molar-refractivity contribution is 5.91. The number of ether oxygens (including phenoxy) is 3. The SMILES string of the molecule is O=C(OC1=CC2(OCCO2)C2CN=CC=C12)c1ccc([N+](=O)[O-])cc1. The molecule has 1 unspecified atom stereocenters. The molecule has 3 aliphatic rings. The maximum atomic E-state index is 12.4. The van der Waals surface area contributed by atoms with Crippen LogP contribution in [-0.2, 0) is 14.2 Å². The van der Waals surface area contributed by atoms with Crippen LogP contribution in [0.25, 0.3) is 0 Å². The molecule has 4 rings (SSSR count). The summed E-state index contributed by atoms with van der Waals surface area (Å²) in [5, 5.41) is 10.7. The van der Waals surface area contributed by atoms with Crippen molar-refractivity contribution in [2.24, 2.45) is 10.9 Å². The molecule has 2 aliphatic heterocycles. The number of non-ortho nitro benzene ring substituents is 1. The van der Waals surface area contributed by atoms with E-state index in [4.69, 9.17) is 14.2 Å². The van der Waals surface area contributed by atoms with Crippen LogP contribution in [0.4, 0.5) is 5.69 Å². The molecule has 1 aliphatic carbocycles. The van der Waals surface area contributed by atoms with E-state index in [1.807, 2.05) is 0 Å². The number of carbonyl (C=O) groups is 1. The van der Waals surface area contributed by atoms with Crippen LogP contribution in [0.5, 0.6) is 0 Å². The summed E-state index contributed by atoms with van der Waals surface area (Å²) in [7, 11) is 0. The summed E-state index contributed by atoms with van der Waals surface area (Å²) in [5.74, 6) is -1.31. The Labute approximate surface area is 142 Å². The molecule has 1 aromatic rings. The van der Waals surface area contributed by atoms with E-state index in [0.717, 1.165) is 5.57 Å². The molecule has 8 nitrogen and oxygen atoms in total. The second-order valence-electron chi connectivity index (χ2n) is 5.81. The fourth-order valence-electron chi connectivity index (χ4n) is 3.17. The van der Waals surface area contributed by atoms with Crippen LogP contribution in [-0.4, -0.2) is 42.7 Å². The standard InChI is InChI=1S/C17H14N2O6/c20-16(11-1-3-12(4-2-11)19(21)22)25-15-9-17(23-7-8-24-17)14-10-18-6-5-13(14)15/h1-6,9,14H,7-8,10H2. The number of nitrogens with zero attached hydrogens (tertiary/aromatic N) is 2. The van der Waals surface area contributed by atoms with E-state index in [1.165, 1.54) is 24.3 Å². The second-order valence-corrected chi connectivity index (χ2v) is 5.81. The summed E-state index contributed by atoms with van der Waals surface area (Å²) in [6.45, 7) is 1.42. The van der Waals surface area contributed by atoms with Gasteiger partial charge >= 0.3 is 5.97 Å². The Bertz CT molecular complexity index is 818. The lowest BCUT2D eigenvalue weighted by molar-refractivity contribution is -0.384. The van der Waals surface area contributed by atoms with Gasteiger partial charge in [-0.3, -0.25) is 15.1 Å². The molecular weight excluding hydrogens is 328 g/mol. The molecule has 0 saturated carbocycles. The summed E-state index contributed by atoms with van der Waals surface area (Å²) in [4.78, 5) is 26.8. The number of dihydropyridines is 1. The van der Waals surface area contributed by atoms with Crippen molar-refractivity contribution in [3.05, 3.63) is 63.4 Å². The maximum Gasteiger partial charge on any atom is 0.343 e. The smallest absolute Gasteiger partial charge is 0.343 e. The number of nitro groups is 1. The Morgan fingerprint density at radius 3 is 2.68 bits per heavy atom. The second kappa shape index (κ2) is 5.91. The Kier molecular flexibility index (Phi) is 3.70. The monoisotopic (exact) mass is 342 g/mol. The quantitative estimate of drug-likeness (QED) is 0.473. The van der Waals surface area contributed by atoms with Gasteiger partial charge in [-0.15, -0.1) is 0 Å². The summed E-state index contributed by atoms with van der Waals surface area (Å²) < 4.78 is 17.0. The third-order valence-electron chi connectivity index (χ3n) is 4.38. The van der Waals surface area contributed by atoms with E-state index < -0.39 is 16.7 Å². The minimum absolute atomic E-state index is 0.0883. The predicted molar refractivity (Wildman–Crippen MR) is 86.2 cm³/mol. The summed E-state index contributed by atoms with van der Waals surface area (Å²) >= 11 is 0. The number of rotatable bonds is 3. The lowest BCUT2D eigenvalue weighted by atomic mass is 9.95. The van der Waals surface area contributed by atoms with Crippen molar-refractivity contribution in [2.45, 2.75) is 5.79 Å². The highest BCUT2D eigenvalue weighted by Crippen LogP contribution is 2.45. The molecule has 1 aromatic carbocycles. The average molecular weight is 342 g/mol. The van der Waals surface area contributed by atoms with E-state index in [1.54, 1.807) is 18.4 Å². The van der Waals surface area contributed by atoms with E-state index in [-0.39, 0.29) is 17.2 Å². The Morgan fingerprint density at radius 2 is 2.00 bits per heavy atom. The molecule has 1 fully saturated rings. The van der Waals surface area contributed by atoms with Crippen molar-refractivity contribution in [3.8, 4) is 0 Å². The highest BCUT2D eigenvalue weighted by Gasteiger charge is 2.51. The number of allylic oxidation sites excluding steroid dienone is 2.